The lowest BCUT2D eigenvalue weighted by Crippen LogP contribution is -2.44. The highest BCUT2D eigenvalue weighted by molar-refractivity contribution is 4.85. The Labute approximate surface area is 76.5 Å². The Kier molecular flexibility index (Phi) is 5.51. The molecule has 0 aliphatic carbocycles. The molecule has 0 aromatic carbocycles. The summed E-state index contributed by atoms with van der Waals surface area (Å²) in [5, 5.41) is 0. The minimum absolute atomic E-state index is 0.0124. The number of ether oxygens (including phenoxy) is 1. The van der Waals surface area contributed by atoms with Crippen LogP contribution in [0.5, 0.6) is 0 Å². The van der Waals surface area contributed by atoms with Crippen molar-refractivity contribution in [3.8, 4) is 0 Å². The zero-order chi connectivity index (χ0) is 9.61. The molecule has 0 radical (unpaired) electrons. The summed E-state index contributed by atoms with van der Waals surface area (Å²) in [4.78, 5) is 0. The summed E-state index contributed by atoms with van der Waals surface area (Å²) in [5.41, 5.74) is 6.24. The van der Waals surface area contributed by atoms with Gasteiger partial charge in [0.1, 0.15) is 0 Å². The molecule has 12 heavy (non-hydrogen) atoms. The van der Waals surface area contributed by atoms with E-state index in [0.29, 0.717) is 5.92 Å². The van der Waals surface area contributed by atoms with Crippen LogP contribution in [0.4, 0.5) is 0 Å². The van der Waals surface area contributed by atoms with Crippen molar-refractivity contribution in [3.05, 3.63) is 0 Å². The van der Waals surface area contributed by atoms with E-state index < -0.39 is 0 Å². The maximum absolute atomic E-state index is 6.23. The molecule has 0 saturated carbocycles. The van der Waals surface area contributed by atoms with Crippen LogP contribution in [-0.2, 0) is 4.74 Å². The van der Waals surface area contributed by atoms with E-state index in [4.69, 9.17) is 10.5 Å². The predicted molar refractivity (Wildman–Crippen MR) is 53.2 cm³/mol. The topological polar surface area (TPSA) is 35.2 Å². The maximum Gasteiger partial charge on any atom is 0.0462 e. The van der Waals surface area contributed by atoms with Crippen molar-refractivity contribution in [1.29, 1.82) is 0 Å². The number of hydrogen-bond acceptors (Lipinski definition) is 2. The molecule has 0 amide bonds. The van der Waals surface area contributed by atoms with Crippen LogP contribution in [0.2, 0.25) is 0 Å². The van der Waals surface area contributed by atoms with E-state index in [1.165, 1.54) is 0 Å². The highest BCUT2D eigenvalue weighted by atomic mass is 16.5. The number of nitrogens with two attached hydrogens (primary N) is 1. The fraction of sp³-hybridized carbons (Fsp3) is 1.00. The molecule has 0 bridgehead atoms. The highest BCUT2D eigenvalue weighted by Gasteiger charge is 2.25. The third-order valence-electron chi connectivity index (χ3n) is 2.80. The van der Waals surface area contributed by atoms with Crippen molar-refractivity contribution in [2.75, 3.05) is 13.7 Å². The van der Waals surface area contributed by atoms with E-state index in [9.17, 15) is 0 Å². The van der Waals surface area contributed by atoms with E-state index >= 15 is 0 Å². The van der Waals surface area contributed by atoms with Gasteiger partial charge in [-0.1, -0.05) is 20.8 Å². The predicted octanol–water partition coefficient (Wildman–Crippen LogP) is 2.18. The largest absolute Gasteiger partial charge is 0.385 e. The molecule has 0 aliphatic heterocycles. The Hall–Kier alpha value is -0.0800. The lowest BCUT2D eigenvalue weighted by atomic mass is 9.81. The van der Waals surface area contributed by atoms with Gasteiger partial charge >= 0.3 is 0 Å². The molecule has 0 fully saturated rings. The van der Waals surface area contributed by atoms with Gasteiger partial charge in [-0.15, -0.1) is 0 Å². The monoisotopic (exact) mass is 173 g/mol. The number of hydrogen-bond donors (Lipinski definition) is 1. The minimum Gasteiger partial charge on any atom is -0.385 e. The van der Waals surface area contributed by atoms with E-state index in [2.05, 4.69) is 20.8 Å². The van der Waals surface area contributed by atoms with Crippen LogP contribution in [-0.4, -0.2) is 19.3 Å². The van der Waals surface area contributed by atoms with Gasteiger partial charge in [-0.05, 0) is 25.2 Å². The SMILES string of the molecule is CCC(N)(CCCOC)C(C)C. The fourth-order valence-electron chi connectivity index (χ4n) is 1.42. The Bertz CT molecular complexity index is 114. The minimum atomic E-state index is 0.0124. The van der Waals surface area contributed by atoms with Gasteiger partial charge in [0.15, 0.2) is 0 Å². The van der Waals surface area contributed by atoms with Crippen LogP contribution < -0.4 is 5.73 Å². The lowest BCUT2D eigenvalue weighted by molar-refractivity contribution is 0.172. The third kappa shape index (κ3) is 3.55. The first kappa shape index (κ1) is 11.9. The van der Waals surface area contributed by atoms with Crippen molar-refractivity contribution in [2.45, 2.75) is 45.6 Å². The molecule has 0 aromatic rings. The Balaban J connectivity index is 3.80. The summed E-state index contributed by atoms with van der Waals surface area (Å²) in [7, 11) is 1.74. The van der Waals surface area contributed by atoms with Gasteiger partial charge in [0.05, 0.1) is 0 Å². The van der Waals surface area contributed by atoms with Crippen molar-refractivity contribution in [2.24, 2.45) is 11.7 Å². The molecule has 0 heterocycles. The molecule has 2 nitrogen and oxygen atoms in total. The Morgan fingerprint density at radius 3 is 2.33 bits per heavy atom. The van der Waals surface area contributed by atoms with Crippen LogP contribution in [0.1, 0.15) is 40.0 Å². The average Bonchev–Trinajstić information content (AvgIpc) is 2.04. The molecule has 2 heteroatoms. The molecule has 0 aliphatic rings. The van der Waals surface area contributed by atoms with Crippen LogP contribution in [0.15, 0.2) is 0 Å². The van der Waals surface area contributed by atoms with Gasteiger partial charge in [-0.3, -0.25) is 0 Å². The van der Waals surface area contributed by atoms with Crippen LogP contribution in [0.25, 0.3) is 0 Å². The maximum atomic E-state index is 6.23. The fourth-order valence-corrected chi connectivity index (χ4v) is 1.42. The zero-order valence-electron chi connectivity index (χ0n) is 8.89. The first-order chi connectivity index (χ1) is 5.56. The quantitative estimate of drug-likeness (QED) is 0.625. The van der Waals surface area contributed by atoms with E-state index in [0.717, 1.165) is 25.9 Å². The molecule has 0 rings (SSSR count). The summed E-state index contributed by atoms with van der Waals surface area (Å²) in [6.45, 7) is 7.37. The molecule has 1 atom stereocenters. The summed E-state index contributed by atoms with van der Waals surface area (Å²) in [6.07, 6.45) is 3.18. The van der Waals surface area contributed by atoms with Gasteiger partial charge in [0.2, 0.25) is 0 Å². The van der Waals surface area contributed by atoms with Gasteiger partial charge < -0.3 is 10.5 Å². The van der Waals surface area contributed by atoms with Crippen molar-refractivity contribution in [3.63, 3.8) is 0 Å². The number of methoxy groups -OCH3 is 1. The molecule has 0 aromatic heterocycles. The molecular weight excluding hydrogens is 150 g/mol. The van der Waals surface area contributed by atoms with E-state index in [-0.39, 0.29) is 5.54 Å². The van der Waals surface area contributed by atoms with Gasteiger partial charge in [0.25, 0.3) is 0 Å². The van der Waals surface area contributed by atoms with Crippen molar-refractivity contribution in [1.82, 2.24) is 0 Å². The highest BCUT2D eigenvalue weighted by Crippen LogP contribution is 2.23. The van der Waals surface area contributed by atoms with Crippen molar-refractivity contribution >= 4 is 0 Å². The zero-order valence-corrected chi connectivity index (χ0v) is 8.89. The standard InChI is InChI=1S/C10H23NO/c1-5-10(11,9(2)3)7-6-8-12-4/h9H,5-8,11H2,1-4H3. The lowest BCUT2D eigenvalue weighted by Gasteiger charge is -2.32. The second-order valence-electron chi connectivity index (χ2n) is 3.84. The summed E-state index contributed by atoms with van der Waals surface area (Å²) < 4.78 is 5.01. The van der Waals surface area contributed by atoms with Gasteiger partial charge in [0, 0.05) is 19.3 Å². The van der Waals surface area contributed by atoms with Crippen molar-refractivity contribution < 1.29 is 4.74 Å². The second kappa shape index (κ2) is 5.55. The summed E-state index contributed by atoms with van der Waals surface area (Å²) in [5.74, 6) is 0.555. The van der Waals surface area contributed by atoms with Crippen LogP contribution in [0, 0.1) is 5.92 Å². The van der Waals surface area contributed by atoms with Crippen LogP contribution in [0.3, 0.4) is 0 Å². The summed E-state index contributed by atoms with van der Waals surface area (Å²) in [6, 6.07) is 0. The summed E-state index contributed by atoms with van der Waals surface area (Å²) >= 11 is 0. The Morgan fingerprint density at radius 1 is 1.42 bits per heavy atom. The molecule has 1 unspecified atom stereocenters. The van der Waals surface area contributed by atoms with E-state index in [1.807, 2.05) is 0 Å². The molecule has 0 spiro atoms. The van der Waals surface area contributed by atoms with Gasteiger partial charge in [-0.25, -0.2) is 0 Å². The molecule has 74 valence electrons. The first-order valence-corrected chi connectivity index (χ1v) is 4.84. The second-order valence-corrected chi connectivity index (χ2v) is 3.84. The van der Waals surface area contributed by atoms with Gasteiger partial charge in [-0.2, -0.15) is 0 Å². The molecule has 0 saturated heterocycles. The first-order valence-electron chi connectivity index (χ1n) is 4.84. The normalized spacial score (nSPS) is 16.5. The number of rotatable bonds is 6. The average molecular weight is 173 g/mol. The molecular formula is C10H23NO. The molecule has 2 N–H and O–H groups in total. The Morgan fingerprint density at radius 2 is 2.00 bits per heavy atom. The van der Waals surface area contributed by atoms with Crippen LogP contribution >= 0.6 is 0 Å². The van der Waals surface area contributed by atoms with E-state index in [1.54, 1.807) is 7.11 Å². The third-order valence-corrected chi connectivity index (χ3v) is 2.80. The smallest absolute Gasteiger partial charge is 0.0462 e.